The Morgan fingerprint density at radius 2 is 1.93 bits per heavy atom. The summed E-state index contributed by atoms with van der Waals surface area (Å²) in [6.45, 7) is 8.78. The van der Waals surface area contributed by atoms with Crippen LogP contribution in [0.3, 0.4) is 0 Å². The fraction of sp³-hybridized carbons (Fsp3) is 0.583. The minimum atomic E-state index is 0.0159. The first kappa shape index (κ1) is 12.9. The number of hydrogen-bond donors (Lipinski definition) is 1. The lowest BCUT2D eigenvalue weighted by Crippen LogP contribution is -2.20. The summed E-state index contributed by atoms with van der Waals surface area (Å²) < 4.78 is 0. The lowest BCUT2D eigenvalue weighted by atomic mass is 10.1. The van der Waals surface area contributed by atoms with Gasteiger partial charge in [-0.3, -0.25) is 4.79 Å². The number of amides is 1. The molecule has 0 atom stereocenters. The summed E-state index contributed by atoms with van der Waals surface area (Å²) >= 11 is 0. The molecule has 0 saturated carbocycles. The number of carbonyl (C=O) groups excluding carboxylic acids is 1. The Hall–Kier alpha value is -1.05. The van der Waals surface area contributed by atoms with E-state index in [0.29, 0.717) is 6.54 Å². The molecule has 0 unspecified atom stereocenters. The molecule has 1 amide bonds. The van der Waals surface area contributed by atoms with Crippen LogP contribution >= 0.6 is 0 Å². The lowest BCUT2D eigenvalue weighted by Gasteiger charge is -1.99. The highest BCUT2D eigenvalue weighted by Crippen LogP contribution is 2.05. The molecule has 0 heterocycles. The summed E-state index contributed by atoms with van der Waals surface area (Å²) in [6.07, 6.45) is 5.85. The minimum Gasteiger partial charge on any atom is -0.353 e. The molecule has 80 valence electrons. The van der Waals surface area contributed by atoms with Gasteiger partial charge in [0, 0.05) is 12.6 Å². The van der Waals surface area contributed by atoms with Crippen LogP contribution in [0.5, 0.6) is 0 Å². The molecular formula is C12H21NO. The number of likely N-dealkylation sites (N-methyl/N-ethyl adjacent to an activating group) is 1. The molecule has 14 heavy (non-hydrogen) atoms. The minimum absolute atomic E-state index is 0.0159. The van der Waals surface area contributed by atoms with Crippen molar-refractivity contribution >= 4 is 5.91 Å². The van der Waals surface area contributed by atoms with Gasteiger partial charge in [-0.15, -0.1) is 0 Å². The zero-order chi connectivity index (χ0) is 11.0. The van der Waals surface area contributed by atoms with Gasteiger partial charge in [0.1, 0.15) is 0 Å². The third kappa shape index (κ3) is 7.59. The number of hydrogen-bond acceptors (Lipinski definition) is 1. The Bertz CT molecular complexity index is 235. The summed E-state index contributed by atoms with van der Waals surface area (Å²) in [6, 6.07) is 0. The summed E-state index contributed by atoms with van der Waals surface area (Å²) in [4.78, 5) is 11.1. The van der Waals surface area contributed by atoms with Gasteiger partial charge in [0.25, 0.3) is 0 Å². The van der Waals surface area contributed by atoms with Gasteiger partial charge in [0.05, 0.1) is 0 Å². The molecule has 0 spiro atoms. The van der Waals surface area contributed by atoms with Crippen LogP contribution in [-0.2, 0) is 4.79 Å². The van der Waals surface area contributed by atoms with Crippen molar-refractivity contribution in [1.29, 1.82) is 0 Å². The van der Waals surface area contributed by atoms with Crippen molar-refractivity contribution in [3.63, 3.8) is 0 Å². The first-order chi connectivity index (χ1) is 6.56. The van der Waals surface area contributed by atoms with E-state index in [1.807, 2.05) is 13.8 Å². The molecule has 0 radical (unpaired) electrons. The zero-order valence-corrected chi connectivity index (χ0v) is 9.68. The third-order valence-corrected chi connectivity index (χ3v) is 1.82. The van der Waals surface area contributed by atoms with E-state index in [1.54, 1.807) is 6.08 Å². The molecule has 0 rings (SSSR count). The molecule has 0 aliphatic carbocycles. The van der Waals surface area contributed by atoms with E-state index in [4.69, 9.17) is 0 Å². The average molecular weight is 195 g/mol. The lowest BCUT2D eigenvalue weighted by molar-refractivity contribution is -0.116. The Labute approximate surface area is 87.1 Å². The van der Waals surface area contributed by atoms with Gasteiger partial charge in [0.2, 0.25) is 5.91 Å². The number of carbonyl (C=O) groups is 1. The van der Waals surface area contributed by atoms with Crippen LogP contribution in [0.25, 0.3) is 0 Å². The largest absolute Gasteiger partial charge is 0.353 e. The maximum absolute atomic E-state index is 11.1. The Morgan fingerprint density at radius 1 is 1.29 bits per heavy atom. The fourth-order valence-electron chi connectivity index (χ4n) is 1.11. The first-order valence-corrected chi connectivity index (χ1v) is 5.14. The second-order valence-electron chi connectivity index (χ2n) is 3.71. The van der Waals surface area contributed by atoms with Gasteiger partial charge < -0.3 is 5.32 Å². The van der Waals surface area contributed by atoms with Gasteiger partial charge in [-0.1, -0.05) is 17.2 Å². The van der Waals surface area contributed by atoms with Gasteiger partial charge in [-0.2, -0.15) is 0 Å². The van der Waals surface area contributed by atoms with E-state index >= 15 is 0 Å². The van der Waals surface area contributed by atoms with Gasteiger partial charge in [-0.05, 0) is 40.5 Å². The highest BCUT2D eigenvalue weighted by Gasteiger charge is 1.95. The summed E-state index contributed by atoms with van der Waals surface area (Å²) in [5.74, 6) is 0.0159. The van der Waals surface area contributed by atoms with Crippen molar-refractivity contribution in [2.45, 2.75) is 40.5 Å². The number of rotatable bonds is 5. The fourth-order valence-corrected chi connectivity index (χ4v) is 1.11. The van der Waals surface area contributed by atoms with Crippen molar-refractivity contribution < 1.29 is 4.79 Å². The highest BCUT2D eigenvalue weighted by molar-refractivity contribution is 5.88. The maximum atomic E-state index is 11.1. The predicted octanol–water partition coefficient (Wildman–Crippen LogP) is 2.82. The summed E-state index contributed by atoms with van der Waals surface area (Å²) in [5.41, 5.74) is 2.46. The van der Waals surface area contributed by atoms with E-state index in [2.05, 4.69) is 25.2 Å². The predicted molar refractivity (Wildman–Crippen MR) is 61.1 cm³/mol. The van der Waals surface area contributed by atoms with Crippen LogP contribution < -0.4 is 5.32 Å². The molecule has 0 bridgehead atoms. The van der Waals surface area contributed by atoms with Crippen molar-refractivity contribution in [1.82, 2.24) is 5.32 Å². The molecule has 1 N–H and O–H groups in total. The number of allylic oxidation sites excluding steroid dienone is 3. The van der Waals surface area contributed by atoms with Crippen molar-refractivity contribution in [3.05, 3.63) is 23.3 Å². The second kappa shape index (κ2) is 7.36. The molecule has 0 aromatic carbocycles. The van der Waals surface area contributed by atoms with Gasteiger partial charge in [-0.25, -0.2) is 0 Å². The van der Waals surface area contributed by atoms with Crippen molar-refractivity contribution in [2.75, 3.05) is 6.54 Å². The Kier molecular flexibility index (Phi) is 6.81. The highest BCUT2D eigenvalue weighted by atomic mass is 16.1. The maximum Gasteiger partial charge on any atom is 0.243 e. The van der Waals surface area contributed by atoms with Crippen molar-refractivity contribution in [2.24, 2.45) is 0 Å². The monoisotopic (exact) mass is 195 g/mol. The SMILES string of the molecule is CCNC(=O)/C=C(\C)CCC=C(C)C. The van der Waals surface area contributed by atoms with Gasteiger partial charge >= 0.3 is 0 Å². The van der Waals surface area contributed by atoms with Crippen LogP contribution in [0.1, 0.15) is 40.5 Å². The molecule has 2 nitrogen and oxygen atoms in total. The van der Waals surface area contributed by atoms with Crippen LogP contribution in [0.15, 0.2) is 23.3 Å². The van der Waals surface area contributed by atoms with Crippen LogP contribution in [-0.4, -0.2) is 12.5 Å². The Morgan fingerprint density at radius 3 is 2.43 bits per heavy atom. The molecular weight excluding hydrogens is 174 g/mol. The second-order valence-corrected chi connectivity index (χ2v) is 3.71. The van der Waals surface area contributed by atoms with Crippen LogP contribution in [0.4, 0.5) is 0 Å². The van der Waals surface area contributed by atoms with Crippen LogP contribution in [0.2, 0.25) is 0 Å². The standard InChI is InChI=1S/C12H21NO/c1-5-13-12(14)9-11(4)8-6-7-10(2)3/h7,9H,5-6,8H2,1-4H3,(H,13,14)/b11-9+. The van der Waals surface area contributed by atoms with E-state index in [-0.39, 0.29) is 5.91 Å². The Balaban J connectivity index is 3.89. The summed E-state index contributed by atoms with van der Waals surface area (Å²) in [5, 5.41) is 2.74. The first-order valence-electron chi connectivity index (χ1n) is 5.14. The van der Waals surface area contributed by atoms with Gasteiger partial charge in [0.15, 0.2) is 0 Å². The van der Waals surface area contributed by atoms with E-state index < -0.39 is 0 Å². The van der Waals surface area contributed by atoms with Crippen molar-refractivity contribution in [3.8, 4) is 0 Å². The molecule has 0 aliphatic rings. The van der Waals surface area contributed by atoms with E-state index in [1.165, 1.54) is 5.57 Å². The zero-order valence-electron chi connectivity index (χ0n) is 9.68. The van der Waals surface area contributed by atoms with E-state index in [9.17, 15) is 4.79 Å². The molecule has 2 heteroatoms. The molecule has 0 saturated heterocycles. The number of nitrogens with one attached hydrogen (secondary N) is 1. The normalized spacial score (nSPS) is 11.0. The molecule has 0 aromatic heterocycles. The topological polar surface area (TPSA) is 29.1 Å². The molecule has 0 aromatic rings. The molecule has 0 fully saturated rings. The summed E-state index contributed by atoms with van der Waals surface area (Å²) in [7, 11) is 0. The quantitative estimate of drug-likeness (QED) is 0.530. The third-order valence-electron chi connectivity index (χ3n) is 1.82. The smallest absolute Gasteiger partial charge is 0.243 e. The van der Waals surface area contributed by atoms with Crippen LogP contribution in [0, 0.1) is 0 Å². The average Bonchev–Trinajstić information content (AvgIpc) is 2.03. The van der Waals surface area contributed by atoms with E-state index in [0.717, 1.165) is 18.4 Å². The molecule has 0 aliphatic heterocycles.